The highest BCUT2D eigenvalue weighted by Gasteiger charge is 2.49. The molecular formula is C21H25NO2S. The summed E-state index contributed by atoms with van der Waals surface area (Å²) in [6.07, 6.45) is 13.3. The summed E-state index contributed by atoms with van der Waals surface area (Å²) >= 11 is 0. The summed E-state index contributed by atoms with van der Waals surface area (Å²) in [6.45, 7) is 2.46. The number of hydrogen-bond acceptors (Lipinski definition) is 2. The molecule has 1 aliphatic heterocycles. The smallest absolute Gasteiger partial charge is 0.211 e. The number of fused-ring (bicyclic) bond motifs is 1. The molecule has 0 radical (unpaired) electrons. The fourth-order valence-electron chi connectivity index (χ4n) is 4.49. The molecule has 0 aromatic heterocycles. The number of benzene rings is 1. The van der Waals surface area contributed by atoms with Gasteiger partial charge in [0, 0.05) is 12.5 Å². The topological polar surface area (TPSA) is 37.4 Å². The second-order valence-electron chi connectivity index (χ2n) is 7.49. The molecule has 0 spiro atoms. The lowest BCUT2D eigenvalue weighted by Crippen LogP contribution is -2.49. The highest BCUT2D eigenvalue weighted by Crippen LogP contribution is 2.45. The van der Waals surface area contributed by atoms with Gasteiger partial charge in [0.15, 0.2) is 0 Å². The number of sulfonamides is 1. The molecule has 0 N–H and O–H groups in total. The monoisotopic (exact) mass is 355 g/mol. The average molecular weight is 356 g/mol. The van der Waals surface area contributed by atoms with Crippen LogP contribution < -0.4 is 0 Å². The van der Waals surface area contributed by atoms with E-state index in [0.717, 1.165) is 19.3 Å². The first-order valence-corrected chi connectivity index (χ1v) is 10.6. The largest absolute Gasteiger partial charge is 0.224 e. The Morgan fingerprint density at radius 1 is 1.16 bits per heavy atom. The molecule has 3 nitrogen and oxygen atoms in total. The van der Waals surface area contributed by atoms with Gasteiger partial charge in [0.05, 0.1) is 6.04 Å². The van der Waals surface area contributed by atoms with Gasteiger partial charge in [-0.25, -0.2) is 8.42 Å². The van der Waals surface area contributed by atoms with Gasteiger partial charge in [-0.3, -0.25) is 0 Å². The van der Waals surface area contributed by atoms with Crippen molar-refractivity contribution in [3.8, 4) is 0 Å². The first-order valence-electron chi connectivity index (χ1n) is 9.13. The van der Waals surface area contributed by atoms with Crippen molar-refractivity contribution in [2.24, 2.45) is 0 Å². The van der Waals surface area contributed by atoms with E-state index in [9.17, 15) is 8.42 Å². The van der Waals surface area contributed by atoms with E-state index in [0.29, 0.717) is 13.0 Å². The third-order valence-corrected chi connectivity index (χ3v) is 8.43. The van der Waals surface area contributed by atoms with Gasteiger partial charge in [-0.1, -0.05) is 66.3 Å². The number of rotatable bonds is 3. The van der Waals surface area contributed by atoms with Crippen LogP contribution in [0.1, 0.15) is 44.1 Å². The summed E-state index contributed by atoms with van der Waals surface area (Å²) in [5, 5.41) is 0. The standard InChI is InChI=1S/C21H25NO2S/c1-21(14-6-3-7-15-21)25(23,24)22-16-13-18-11-8-12-19(20(18)22)17-9-4-2-5-10-17/h2-7,9-11,14,19-20H,8,12-13,15-16H2,1H3/t19-,20+,21?/m0/s1. The third-order valence-electron chi connectivity index (χ3n) is 5.92. The van der Waals surface area contributed by atoms with E-state index in [1.165, 1.54) is 11.1 Å². The minimum Gasteiger partial charge on any atom is -0.211 e. The van der Waals surface area contributed by atoms with Crippen LogP contribution in [-0.4, -0.2) is 30.1 Å². The summed E-state index contributed by atoms with van der Waals surface area (Å²) in [5.74, 6) is 0.255. The Kier molecular flexibility index (Phi) is 4.20. The van der Waals surface area contributed by atoms with Crippen LogP contribution in [0.15, 0.2) is 66.3 Å². The highest BCUT2D eigenvalue weighted by atomic mass is 32.2. The van der Waals surface area contributed by atoms with Crippen LogP contribution in [-0.2, 0) is 10.0 Å². The Labute approximate surface area is 150 Å². The molecule has 1 aromatic carbocycles. The van der Waals surface area contributed by atoms with Crippen molar-refractivity contribution in [3.63, 3.8) is 0 Å². The van der Waals surface area contributed by atoms with E-state index < -0.39 is 14.8 Å². The van der Waals surface area contributed by atoms with Crippen molar-refractivity contribution in [1.29, 1.82) is 0 Å². The lowest BCUT2D eigenvalue weighted by molar-refractivity contribution is 0.337. The molecule has 3 atom stereocenters. The van der Waals surface area contributed by atoms with Crippen molar-refractivity contribution in [1.82, 2.24) is 4.31 Å². The molecule has 25 heavy (non-hydrogen) atoms. The Morgan fingerprint density at radius 3 is 2.68 bits per heavy atom. The number of hydrogen-bond donors (Lipinski definition) is 0. The van der Waals surface area contributed by atoms with E-state index >= 15 is 0 Å². The van der Waals surface area contributed by atoms with E-state index in [-0.39, 0.29) is 12.0 Å². The summed E-state index contributed by atoms with van der Waals surface area (Å²) in [4.78, 5) is 0. The molecule has 1 fully saturated rings. The van der Waals surface area contributed by atoms with E-state index in [1.807, 2.05) is 37.3 Å². The molecule has 0 amide bonds. The van der Waals surface area contributed by atoms with E-state index in [4.69, 9.17) is 0 Å². The minimum atomic E-state index is -3.42. The van der Waals surface area contributed by atoms with Crippen LogP contribution in [0.25, 0.3) is 0 Å². The molecule has 0 saturated carbocycles. The predicted molar refractivity (Wildman–Crippen MR) is 102 cm³/mol. The quantitative estimate of drug-likeness (QED) is 0.763. The Morgan fingerprint density at radius 2 is 1.96 bits per heavy atom. The Balaban J connectivity index is 1.73. The average Bonchev–Trinajstić information content (AvgIpc) is 3.08. The van der Waals surface area contributed by atoms with Crippen LogP contribution in [0.2, 0.25) is 0 Å². The van der Waals surface area contributed by atoms with Crippen LogP contribution in [0.3, 0.4) is 0 Å². The summed E-state index contributed by atoms with van der Waals surface area (Å²) in [5.41, 5.74) is 2.56. The highest BCUT2D eigenvalue weighted by molar-refractivity contribution is 7.90. The third kappa shape index (κ3) is 2.72. The number of nitrogens with zero attached hydrogens (tertiary/aromatic N) is 1. The van der Waals surface area contributed by atoms with Crippen LogP contribution in [0.4, 0.5) is 0 Å². The molecule has 132 valence electrons. The second kappa shape index (κ2) is 6.26. The first kappa shape index (κ1) is 16.8. The molecular weight excluding hydrogens is 330 g/mol. The lowest BCUT2D eigenvalue weighted by Gasteiger charge is -2.39. The van der Waals surface area contributed by atoms with E-state index in [2.05, 4.69) is 30.3 Å². The fourth-order valence-corrected chi connectivity index (χ4v) is 6.49. The van der Waals surface area contributed by atoms with Crippen molar-refractivity contribution in [3.05, 3.63) is 71.8 Å². The normalized spacial score (nSPS) is 32.4. The van der Waals surface area contributed by atoms with Gasteiger partial charge in [0.2, 0.25) is 10.0 Å². The van der Waals surface area contributed by atoms with Gasteiger partial charge in [-0.15, -0.1) is 0 Å². The SMILES string of the molecule is CC1(S(=O)(=O)N2CCC3=CCC[C@@H](c4ccccc4)[C@@H]32)C=CC=CC1. The van der Waals surface area contributed by atoms with Crippen molar-refractivity contribution in [2.75, 3.05) is 6.54 Å². The molecule has 3 aliphatic rings. The second-order valence-corrected chi connectivity index (χ2v) is 9.84. The maximum atomic E-state index is 13.6. The van der Waals surface area contributed by atoms with Crippen molar-refractivity contribution >= 4 is 10.0 Å². The lowest BCUT2D eigenvalue weighted by atomic mass is 9.80. The molecule has 1 unspecified atom stereocenters. The molecule has 0 bridgehead atoms. The van der Waals surface area contributed by atoms with E-state index in [1.54, 1.807) is 4.31 Å². The fraction of sp³-hybridized carbons (Fsp3) is 0.429. The van der Waals surface area contributed by atoms with Gasteiger partial charge in [0.1, 0.15) is 4.75 Å². The van der Waals surface area contributed by atoms with Gasteiger partial charge < -0.3 is 0 Å². The zero-order valence-electron chi connectivity index (χ0n) is 14.6. The maximum Gasteiger partial charge on any atom is 0.224 e. The summed E-state index contributed by atoms with van der Waals surface area (Å²) in [6, 6.07) is 10.4. The van der Waals surface area contributed by atoms with Crippen LogP contribution in [0.5, 0.6) is 0 Å². The minimum absolute atomic E-state index is 0.0164. The predicted octanol–water partition coefficient (Wildman–Crippen LogP) is 4.17. The van der Waals surface area contributed by atoms with Crippen LogP contribution >= 0.6 is 0 Å². The zero-order valence-corrected chi connectivity index (χ0v) is 15.5. The zero-order chi connectivity index (χ0) is 17.5. The molecule has 2 aliphatic carbocycles. The molecule has 1 heterocycles. The van der Waals surface area contributed by atoms with Crippen molar-refractivity contribution < 1.29 is 8.42 Å². The Bertz CT molecular complexity index is 838. The van der Waals surface area contributed by atoms with Crippen LogP contribution in [0, 0.1) is 0 Å². The summed E-state index contributed by atoms with van der Waals surface area (Å²) in [7, 11) is -3.42. The number of allylic oxidation sites excluding steroid dienone is 4. The Hall–Kier alpha value is -1.65. The van der Waals surface area contributed by atoms with Gasteiger partial charge in [-0.05, 0) is 38.2 Å². The summed E-state index contributed by atoms with van der Waals surface area (Å²) < 4.78 is 28.1. The van der Waals surface area contributed by atoms with Gasteiger partial charge in [-0.2, -0.15) is 4.31 Å². The van der Waals surface area contributed by atoms with Crippen molar-refractivity contribution in [2.45, 2.75) is 49.3 Å². The first-order chi connectivity index (χ1) is 12.0. The molecule has 1 saturated heterocycles. The molecule has 4 heteroatoms. The molecule has 1 aromatic rings. The maximum absolute atomic E-state index is 13.6. The van der Waals surface area contributed by atoms with Gasteiger partial charge in [0.25, 0.3) is 0 Å². The molecule has 4 rings (SSSR count). The van der Waals surface area contributed by atoms with Gasteiger partial charge >= 0.3 is 0 Å².